The van der Waals surface area contributed by atoms with Crippen molar-refractivity contribution in [3.8, 4) is 44.5 Å². The highest BCUT2D eigenvalue weighted by Crippen LogP contribution is 2.46. The lowest BCUT2D eigenvalue weighted by Gasteiger charge is -2.14. The molecule has 10 aromatic rings. The summed E-state index contributed by atoms with van der Waals surface area (Å²) in [5.74, 6) is 0. The van der Waals surface area contributed by atoms with Gasteiger partial charge in [-0.2, -0.15) is 0 Å². The molecule has 10 rings (SSSR count). The predicted octanol–water partition coefficient (Wildman–Crippen LogP) is 14.8. The second-order valence-electron chi connectivity index (χ2n) is 14.1. The Balaban J connectivity index is 1.09. The maximum absolute atomic E-state index is 6.82. The fourth-order valence-electron chi connectivity index (χ4n) is 8.05. The minimum absolute atomic E-state index is 0.709. The van der Waals surface area contributed by atoms with Crippen LogP contribution in [0.3, 0.4) is 0 Å². The molecule has 2 N–H and O–H groups in total. The van der Waals surface area contributed by atoms with E-state index in [0.717, 1.165) is 44.1 Å². The molecule has 9 aromatic carbocycles. The van der Waals surface area contributed by atoms with Gasteiger partial charge in [0.25, 0.3) is 0 Å². The highest BCUT2D eigenvalue weighted by molar-refractivity contribution is 7.26. The molecule has 1 aromatic heterocycles. The molecule has 1 heterocycles. The predicted molar refractivity (Wildman–Crippen MR) is 239 cm³/mol. The molecule has 3 heteroatoms. The zero-order chi connectivity index (χ0) is 36.9. The summed E-state index contributed by atoms with van der Waals surface area (Å²) in [6.45, 7) is 2.07. The third kappa shape index (κ3) is 5.77. The van der Waals surface area contributed by atoms with Gasteiger partial charge in [0.15, 0.2) is 0 Å². The number of hydrogen-bond donors (Lipinski definition) is 1. The molecular weight excluding hydrogens is 685 g/mol. The van der Waals surface area contributed by atoms with Crippen LogP contribution in [0.15, 0.2) is 193 Å². The fraction of sp³-hybridized carbons (Fsp3) is 0.0192. The highest BCUT2D eigenvalue weighted by Gasteiger charge is 2.18. The molecule has 2 nitrogen and oxygen atoms in total. The van der Waals surface area contributed by atoms with Gasteiger partial charge in [-0.05, 0) is 86.5 Å². The maximum atomic E-state index is 6.82. The van der Waals surface area contributed by atoms with Gasteiger partial charge in [-0.25, -0.2) is 0 Å². The summed E-state index contributed by atoms with van der Waals surface area (Å²) in [5, 5.41) is 6.97. The van der Waals surface area contributed by atoms with E-state index in [1.165, 1.54) is 59.1 Å². The fourth-order valence-corrected chi connectivity index (χ4v) is 9.24. The minimum atomic E-state index is 0.709. The second kappa shape index (κ2) is 13.6. The average Bonchev–Trinajstić information content (AvgIpc) is 3.63. The number of fused-ring (bicyclic) bond motifs is 6. The van der Waals surface area contributed by atoms with Crippen LogP contribution < -0.4 is 5.73 Å². The van der Waals surface area contributed by atoms with E-state index >= 15 is 0 Å². The number of nitrogens with two attached hydrogens (primary N) is 1. The first-order valence-corrected chi connectivity index (χ1v) is 19.5. The molecule has 0 radical (unpaired) electrons. The molecule has 55 heavy (non-hydrogen) atoms. The van der Waals surface area contributed by atoms with Crippen molar-refractivity contribution in [3.63, 3.8) is 0 Å². The molecule has 0 spiro atoms. The number of hydrogen-bond acceptors (Lipinski definition) is 3. The van der Waals surface area contributed by atoms with E-state index in [4.69, 9.17) is 10.7 Å². The Morgan fingerprint density at radius 2 is 0.964 bits per heavy atom. The zero-order valence-electron chi connectivity index (χ0n) is 30.3. The van der Waals surface area contributed by atoms with Gasteiger partial charge in [-0.1, -0.05) is 164 Å². The Bertz CT molecular complexity index is 3080. The maximum Gasteiger partial charge on any atom is 0.0947 e. The van der Waals surface area contributed by atoms with Gasteiger partial charge in [0.2, 0.25) is 0 Å². The standard InChI is InChI=1S/C52H36N2S/c1-33(54-51-45-23-13-11-21-43(45)42-20-10-12-22-44(42)50(51)53)34-24-26-37(27-25-34)40-18-8-9-19-41(40)47-31-39(36-16-6-3-7-17-36)32-48-46-30-38(35-14-4-2-5-15-35)28-29-49(46)55-52(47)48/h2-32H,53H2,1H3. The first kappa shape index (κ1) is 32.8. The number of nitrogens with zero attached hydrogens (tertiary/aromatic N) is 1. The molecule has 0 bridgehead atoms. The van der Waals surface area contributed by atoms with Crippen molar-refractivity contribution in [2.75, 3.05) is 5.73 Å². The smallest absolute Gasteiger partial charge is 0.0947 e. The van der Waals surface area contributed by atoms with E-state index in [-0.39, 0.29) is 0 Å². The van der Waals surface area contributed by atoms with Crippen LogP contribution in [0.5, 0.6) is 0 Å². The number of anilines is 1. The van der Waals surface area contributed by atoms with Crippen LogP contribution in [0.1, 0.15) is 12.5 Å². The third-order valence-corrected chi connectivity index (χ3v) is 12.1. The summed E-state index contributed by atoms with van der Waals surface area (Å²) in [6, 6.07) is 67.4. The summed E-state index contributed by atoms with van der Waals surface area (Å²) >= 11 is 1.88. The average molecular weight is 721 g/mol. The van der Waals surface area contributed by atoms with Crippen molar-refractivity contribution in [2.45, 2.75) is 6.92 Å². The first-order chi connectivity index (χ1) is 27.1. The summed E-state index contributed by atoms with van der Waals surface area (Å²) < 4.78 is 2.59. The molecule has 0 aliphatic carbocycles. The normalized spacial score (nSPS) is 11.9. The lowest BCUT2D eigenvalue weighted by atomic mass is 9.90. The molecule has 0 amide bonds. The largest absolute Gasteiger partial charge is 0.396 e. The van der Waals surface area contributed by atoms with E-state index in [0.29, 0.717) is 5.69 Å². The number of thiophene rings is 1. The van der Waals surface area contributed by atoms with Crippen LogP contribution >= 0.6 is 11.3 Å². The van der Waals surface area contributed by atoms with Crippen molar-refractivity contribution >= 4 is 70.1 Å². The second-order valence-corrected chi connectivity index (χ2v) is 15.2. The molecule has 0 atom stereocenters. The van der Waals surface area contributed by atoms with Crippen LogP contribution in [0.2, 0.25) is 0 Å². The van der Waals surface area contributed by atoms with E-state index in [9.17, 15) is 0 Å². The molecular formula is C52H36N2S. The minimum Gasteiger partial charge on any atom is -0.396 e. The van der Waals surface area contributed by atoms with Gasteiger partial charge >= 0.3 is 0 Å². The summed E-state index contributed by atoms with van der Waals surface area (Å²) in [5.41, 5.74) is 20.0. The lowest BCUT2D eigenvalue weighted by Crippen LogP contribution is -1.97. The van der Waals surface area contributed by atoms with Crippen LogP contribution in [0.4, 0.5) is 11.4 Å². The van der Waals surface area contributed by atoms with Gasteiger partial charge in [0.1, 0.15) is 0 Å². The SMILES string of the molecule is CC(=Nc1c(N)c2ccccc2c2ccccc12)c1ccc(-c2ccccc2-c2cc(-c3ccccc3)cc3c2sc2ccc(-c4ccccc4)cc23)cc1. The topological polar surface area (TPSA) is 38.4 Å². The molecule has 0 saturated carbocycles. The van der Waals surface area contributed by atoms with Crippen LogP contribution in [0, 0.1) is 0 Å². The lowest BCUT2D eigenvalue weighted by molar-refractivity contribution is 1.50. The van der Waals surface area contributed by atoms with Crippen molar-refractivity contribution in [1.29, 1.82) is 0 Å². The number of rotatable bonds is 6. The van der Waals surface area contributed by atoms with Crippen molar-refractivity contribution in [2.24, 2.45) is 4.99 Å². The molecule has 0 saturated heterocycles. The molecule has 0 fully saturated rings. The van der Waals surface area contributed by atoms with Crippen LogP contribution in [-0.4, -0.2) is 5.71 Å². The van der Waals surface area contributed by atoms with Crippen molar-refractivity contribution < 1.29 is 0 Å². The highest BCUT2D eigenvalue weighted by atomic mass is 32.1. The van der Waals surface area contributed by atoms with E-state index < -0.39 is 0 Å². The van der Waals surface area contributed by atoms with E-state index in [2.05, 4.69) is 189 Å². The molecule has 0 aliphatic heterocycles. The van der Waals surface area contributed by atoms with Gasteiger partial charge in [-0.3, -0.25) is 4.99 Å². The Kier molecular flexibility index (Phi) is 8.09. The monoisotopic (exact) mass is 720 g/mol. The van der Waals surface area contributed by atoms with Gasteiger partial charge < -0.3 is 5.73 Å². The van der Waals surface area contributed by atoms with Crippen LogP contribution in [0.25, 0.3) is 86.2 Å². The van der Waals surface area contributed by atoms with Crippen LogP contribution in [-0.2, 0) is 0 Å². The Morgan fingerprint density at radius 3 is 1.67 bits per heavy atom. The van der Waals surface area contributed by atoms with Gasteiger partial charge in [0, 0.05) is 42.2 Å². The van der Waals surface area contributed by atoms with Crippen molar-refractivity contribution in [3.05, 3.63) is 194 Å². The summed E-state index contributed by atoms with van der Waals surface area (Å²) in [7, 11) is 0. The van der Waals surface area contributed by atoms with Gasteiger partial charge in [-0.15, -0.1) is 11.3 Å². The quantitative estimate of drug-likeness (QED) is 0.104. The number of aliphatic imine (C=N–C) groups is 1. The Hall–Kier alpha value is -6.81. The molecule has 260 valence electrons. The third-order valence-electron chi connectivity index (χ3n) is 10.8. The summed E-state index contributed by atoms with van der Waals surface area (Å²) in [6.07, 6.45) is 0. The zero-order valence-corrected chi connectivity index (χ0v) is 31.1. The van der Waals surface area contributed by atoms with E-state index in [1.54, 1.807) is 0 Å². The van der Waals surface area contributed by atoms with Crippen molar-refractivity contribution in [1.82, 2.24) is 0 Å². The Morgan fingerprint density at radius 1 is 0.418 bits per heavy atom. The number of nitrogen functional groups attached to an aromatic ring is 1. The summed E-state index contributed by atoms with van der Waals surface area (Å²) in [4.78, 5) is 5.19. The number of benzene rings is 9. The first-order valence-electron chi connectivity index (χ1n) is 18.7. The molecule has 0 unspecified atom stereocenters. The van der Waals surface area contributed by atoms with Gasteiger partial charge in [0.05, 0.1) is 11.4 Å². The molecule has 0 aliphatic rings. The Labute approximate surface area is 324 Å². The van der Waals surface area contributed by atoms with E-state index in [1.807, 2.05) is 17.4 Å².